The standard InChI is InChI=1S/C24H27NO2/c1-24(2,3)27-23(26)16-22(19-11-5-4-6-12-19)25-17-20-14-9-13-18-10-7-8-15-21(18)20/h4-15,22,25H,16-17H2,1-3H3/t22-/m1/s1. The Hall–Kier alpha value is -2.65. The third kappa shape index (κ3) is 5.41. The predicted octanol–water partition coefficient (Wildman–Crippen LogP) is 5.40. The second-order valence-electron chi connectivity index (χ2n) is 7.77. The van der Waals surface area contributed by atoms with E-state index in [-0.39, 0.29) is 12.0 Å². The largest absolute Gasteiger partial charge is 0.460 e. The highest BCUT2D eigenvalue weighted by Gasteiger charge is 2.21. The van der Waals surface area contributed by atoms with Gasteiger partial charge in [0.25, 0.3) is 0 Å². The van der Waals surface area contributed by atoms with Crippen LogP contribution in [-0.4, -0.2) is 11.6 Å². The SMILES string of the molecule is CC(C)(C)OC(=O)C[C@@H](NCc1cccc2ccccc12)c1ccccc1. The lowest BCUT2D eigenvalue weighted by Gasteiger charge is -2.23. The lowest BCUT2D eigenvalue weighted by atomic mass is 10.0. The zero-order valence-corrected chi connectivity index (χ0v) is 16.2. The lowest BCUT2D eigenvalue weighted by Crippen LogP contribution is -2.29. The number of esters is 1. The van der Waals surface area contributed by atoms with Crippen molar-refractivity contribution >= 4 is 16.7 Å². The van der Waals surface area contributed by atoms with Gasteiger partial charge in [-0.1, -0.05) is 72.8 Å². The Morgan fingerprint density at radius 1 is 0.926 bits per heavy atom. The number of ether oxygens (including phenoxy) is 1. The molecule has 0 aromatic heterocycles. The van der Waals surface area contributed by atoms with Crippen molar-refractivity contribution in [1.82, 2.24) is 5.32 Å². The monoisotopic (exact) mass is 361 g/mol. The molecule has 1 atom stereocenters. The summed E-state index contributed by atoms with van der Waals surface area (Å²) in [6, 6.07) is 24.7. The van der Waals surface area contributed by atoms with Crippen molar-refractivity contribution in [2.75, 3.05) is 0 Å². The highest BCUT2D eigenvalue weighted by atomic mass is 16.6. The molecule has 0 unspecified atom stereocenters. The maximum absolute atomic E-state index is 12.4. The van der Waals surface area contributed by atoms with Crippen molar-refractivity contribution in [3.05, 3.63) is 83.9 Å². The molecular formula is C24H27NO2. The quantitative estimate of drug-likeness (QED) is 0.597. The van der Waals surface area contributed by atoms with Gasteiger partial charge in [0.05, 0.1) is 6.42 Å². The van der Waals surface area contributed by atoms with E-state index in [4.69, 9.17) is 4.74 Å². The van der Waals surface area contributed by atoms with E-state index in [1.807, 2.05) is 51.1 Å². The van der Waals surface area contributed by atoms with Gasteiger partial charge in [-0.2, -0.15) is 0 Å². The molecule has 0 aliphatic carbocycles. The van der Waals surface area contributed by atoms with Crippen molar-refractivity contribution in [1.29, 1.82) is 0 Å². The Morgan fingerprint density at radius 3 is 2.33 bits per heavy atom. The van der Waals surface area contributed by atoms with Gasteiger partial charge in [-0.05, 0) is 42.7 Å². The van der Waals surface area contributed by atoms with E-state index in [2.05, 4.69) is 47.8 Å². The first-order valence-electron chi connectivity index (χ1n) is 9.39. The molecule has 0 aliphatic rings. The summed E-state index contributed by atoms with van der Waals surface area (Å²) in [5.41, 5.74) is 1.83. The van der Waals surface area contributed by atoms with E-state index in [1.54, 1.807) is 0 Å². The average molecular weight is 361 g/mol. The van der Waals surface area contributed by atoms with Gasteiger partial charge in [-0.25, -0.2) is 0 Å². The van der Waals surface area contributed by atoms with E-state index in [0.29, 0.717) is 13.0 Å². The molecule has 1 N–H and O–H groups in total. The Labute approximate surface area is 161 Å². The van der Waals surface area contributed by atoms with Crippen LogP contribution >= 0.6 is 0 Å². The van der Waals surface area contributed by atoms with Crippen molar-refractivity contribution in [2.45, 2.75) is 45.4 Å². The zero-order valence-electron chi connectivity index (χ0n) is 16.2. The fraction of sp³-hybridized carbons (Fsp3) is 0.292. The Balaban J connectivity index is 1.78. The number of nitrogens with one attached hydrogen (secondary N) is 1. The minimum Gasteiger partial charge on any atom is -0.460 e. The molecule has 3 aromatic carbocycles. The van der Waals surface area contributed by atoms with Crippen LogP contribution in [0.4, 0.5) is 0 Å². The van der Waals surface area contributed by atoms with Crippen LogP contribution in [0.3, 0.4) is 0 Å². The molecule has 0 amide bonds. The topological polar surface area (TPSA) is 38.3 Å². The Bertz CT molecular complexity index is 892. The fourth-order valence-electron chi connectivity index (χ4n) is 3.22. The van der Waals surface area contributed by atoms with Crippen LogP contribution in [0.2, 0.25) is 0 Å². The molecule has 0 saturated carbocycles. The summed E-state index contributed by atoms with van der Waals surface area (Å²) in [6.07, 6.45) is 0.298. The number of carbonyl (C=O) groups is 1. The van der Waals surface area contributed by atoms with Crippen LogP contribution in [-0.2, 0) is 16.1 Å². The second-order valence-corrected chi connectivity index (χ2v) is 7.77. The van der Waals surface area contributed by atoms with Crippen LogP contribution < -0.4 is 5.32 Å². The highest BCUT2D eigenvalue weighted by Crippen LogP contribution is 2.22. The second kappa shape index (κ2) is 8.36. The van der Waals surface area contributed by atoms with E-state index in [9.17, 15) is 4.79 Å². The Kier molecular flexibility index (Phi) is 5.92. The van der Waals surface area contributed by atoms with Crippen LogP contribution in [0.25, 0.3) is 10.8 Å². The number of hydrogen-bond acceptors (Lipinski definition) is 3. The van der Waals surface area contributed by atoms with Crippen molar-refractivity contribution in [2.24, 2.45) is 0 Å². The molecule has 0 radical (unpaired) electrons. The van der Waals surface area contributed by atoms with Crippen molar-refractivity contribution in [3.8, 4) is 0 Å². The molecule has 0 spiro atoms. The van der Waals surface area contributed by atoms with Gasteiger partial charge in [-0.15, -0.1) is 0 Å². The predicted molar refractivity (Wildman–Crippen MR) is 110 cm³/mol. The first kappa shape index (κ1) is 19.1. The molecule has 3 aromatic rings. The lowest BCUT2D eigenvalue weighted by molar-refractivity contribution is -0.155. The Morgan fingerprint density at radius 2 is 1.59 bits per heavy atom. The first-order chi connectivity index (χ1) is 12.9. The van der Waals surface area contributed by atoms with Gasteiger partial charge in [0, 0.05) is 12.6 Å². The summed E-state index contributed by atoms with van der Waals surface area (Å²) in [6.45, 7) is 6.37. The van der Waals surface area contributed by atoms with Crippen LogP contribution in [0, 0.1) is 0 Å². The maximum Gasteiger partial charge on any atom is 0.308 e. The molecule has 3 rings (SSSR count). The van der Waals surface area contributed by atoms with Crippen molar-refractivity contribution < 1.29 is 9.53 Å². The number of hydrogen-bond donors (Lipinski definition) is 1. The van der Waals surface area contributed by atoms with Gasteiger partial charge < -0.3 is 10.1 Å². The summed E-state index contributed by atoms with van der Waals surface area (Å²) in [5, 5.41) is 6.02. The fourth-order valence-corrected chi connectivity index (χ4v) is 3.22. The minimum absolute atomic E-state index is 0.0972. The smallest absolute Gasteiger partial charge is 0.308 e. The third-order valence-corrected chi connectivity index (χ3v) is 4.41. The van der Waals surface area contributed by atoms with Gasteiger partial charge >= 0.3 is 5.97 Å². The van der Waals surface area contributed by atoms with Crippen LogP contribution in [0.1, 0.15) is 44.4 Å². The number of benzene rings is 3. The third-order valence-electron chi connectivity index (χ3n) is 4.41. The molecule has 0 aliphatic heterocycles. The van der Waals surface area contributed by atoms with Gasteiger partial charge in [0.1, 0.15) is 5.60 Å². The summed E-state index contributed by atoms with van der Waals surface area (Å²) < 4.78 is 5.53. The molecule has 3 nitrogen and oxygen atoms in total. The zero-order chi connectivity index (χ0) is 19.3. The molecular weight excluding hydrogens is 334 g/mol. The van der Waals surface area contributed by atoms with E-state index >= 15 is 0 Å². The maximum atomic E-state index is 12.4. The number of rotatable bonds is 6. The van der Waals surface area contributed by atoms with Gasteiger partial charge in [0.15, 0.2) is 0 Å². The normalized spacial score (nSPS) is 12.7. The molecule has 0 heterocycles. The number of fused-ring (bicyclic) bond motifs is 1. The molecule has 0 fully saturated rings. The van der Waals surface area contributed by atoms with Crippen LogP contribution in [0.5, 0.6) is 0 Å². The number of carbonyl (C=O) groups excluding carboxylic acids is 1. The van der Waals surface area contributed by atoms with E-state index in [1.165, 1.54) is 16.3 Å². The van der Waals surface area contributed by atoms with Crippen molar-refractivity contribution in [3.63, 3.8) is 0 Å². The molecule has 3 heteroatoms. The summed E-state index contributed by atoms with van der Waals surface area (Å²) >= 11 is 0. The van der Waals surface area contributed by atoms with E-state index < -0.39 is 5.60 Å². The highest BCUT2D eigenvalue weighted by molar-refractivity contribution is 5.85. The minimum atomic E-state index is -0.478. The summed E-state index contributed by atoms with van der Waals surface area (Å²) in [5.74, 6) is -0.193. The molecule has 27 heavy (non-hydrogen) atoms. The summed E-state index contributed by atoms with van der Waals surface area (Å²) in [4.78, 5) is 12.4. The van der Waals surface area contributed by atoms with Gasteiger partial charge in [-0.3, -0.25) is 4.79 Å². The van der Waals surface area contributed by atoms with E-state index in [0.717, 1.165) is 5.56 Å². The molecule has 140 valence electrons. The van der Waals surface area contributed by atoms with Crippen LogP contribution in [0.15, 0.2) is 72.8 Å². The molecule has 0 saturated heterocycles. The average Bonchev–Trinajstić information content (AvgIpc) is 2.64. The van der Waals surface area contributed by atoms with Gasteiger partial charge in [0.2, 0.25) is 0 Å². The summed E-state index contributed by atoms with van der Waals surface area (Å²) in [7, 11) is 0. The first-order valence-corrected chi connectivity index (χ1v) is 9.39. The molecule has 0 bridgehead atoms.